The predicted octanol–water partition coefficient (Wildman–Crippen LogP) is 4.06. The van der Waals surface area contributed by atoms with E-state index in [0.29, 0.717) is 19.6 Å². The molecule has 0 aliphatic rings. The monoisotopic (exact) mass is 357 g/mol. The molecule has 0 unspecified atom stereocenters. The molecule has 0 bridgehead atoms. The molecule has 3 aromatic rings. The lowest BCUT2D eigenvalue weighted by Crippen LogP contribution is -2.09. The molecular weight excluding hydrogens is 333 g/mol. The Hall–Kier alpha value is -2.63. The highest BCUT2D eigenvalue weighted by Crippen LogP contribution is 2.28. The van der Waals surface area contributed by atoms with Gasteiger partial charge >= 0.3 is 0 Å². The van der Waals surface area contributed by atoms with E-state index in [2.05, 4.69) is 17.0 Å². The lowest BCUT2D eigenvalue weighted by atomic mass is 10.1. The Balaban J connectivity index is 1.67. The maximum Gasteiger partial charge on any atom is 0.167 e. The van der Waals surface area contributed by atoms with Crippen molar-refractivity contribution in [2.45, 2.75) is 46.1 Å². The lowest BCUT2D eigenvalue weighted by molar-refractivity contribution is -0.117. The molecule has 6 heteroatoms. The fourth-order valence-electron chi connectivity index (χ4n) is 2.99. The summed E-state index contributed by atoms with van der Waals surface area (Å²) in [5.41, 5.74) is 2.85. The van der Waals surface area contributed by atoms with E-state index in [1.807, 2.05) is 18.5 Å². The van der Waals surface area contributed by atoms with Gasteiger partial charge in [0, 0.05) is 35.8 Å². The van der Waals surface area contributed by atoms with Crippen molar-refractivity contribution in [1.29, 1.82) is 0 Å². The zero-order chi connectivity index (χ0) is 18.5. The van der Waals surface area contributed by atoms with Crippen molar-refractivity contribution in [2.24, 2.45) is 0 Å². The molecule has 138 valence electrons. The van der Waals surface area contributed by atoms with Crippen molar-refractivity contribution < 1.29 is 13.9 Å². The number of Topliss-reactive ketones (excluding diaryl/α,β-unsaturated/α-hetero) is 1. The number of halogens is 1. The van der Waals surface area contributed by atoms with E-state index >= 15 is 0 Å². The topological polar surface area (TPSA) is 59.9 Å². The molecule has 5 nitrogen and oxygen atoms in total. The second-order valence-corrected chi connectivity index (χ2v) is 6.47. The number of aromatic amines is 1. The van der Waals surface area contributed by atoms with E-state index in [-0.39, 0.29) is 17.3 Å². The third kappa shape index (κ3) is 4.31. The Labute approximate surface area is 152 Å². The molecule has 0 aliphatic carbocycles. The Morgan fingerprint density at radius 1 is 1.38 bits per heavy atom. The van der Waals surface area contributed by atoms with Crippen LogP contribution < -0.4 is 4.74 Å². The number of fused-ring (bicyclic) bond motifs is 1. The molecule has 2 aromatic heterocycles. The summed E-state index contributed by atoms with van der Waals surface area (Å²) >= 11 is 0. The van der Waals surface area contributed by atoms with Crippen molar-refractivity contribution >= 4 is 16.7 Å². The number of hydrogen-bond donors (Lipinski definition) is 1. The van der Waals surface area contributed by atoms with Crippen LogP contribution in [0.1, 0.15) is 37.9 Å². The summed E-state index contributed by atoms with van der Waals surface area (Å²) < 4.78 is 21.7. The van der Waals surface area contributed by atoms with Gasteiger partial charge in [-0.05, 0) is 43.9 Å². The molecule has 1 N–H and O–H groups in total. The summed E-state index contributed by atoms with van der Waals surface area (Å²) in [6.07, 6.45) is 6.79. The van der Waals surface area contributed by atoms with Crippen LogP contribution in [0.3, 0.4) is 0 Å². The van der Waals surface area contributed by atoms with Gasteiger partial charge in [0.15, 0.2) is 11.6 Å². The summed E-state index contributed by atoms with van der Waals surface area (Å²) in [6.45, 7) is 4.56. The van der Waals surface area contributed by atoms with Gasteiger partial charge in [0.05, 0.1) is 12.2 Å². The number of rotatable bonds is 9. The van der Waals surface area contributed by atoms with Crippen molar-refractivity contribution in [1.82, 2.24) is 14.8 Å². The standard InChI is InChI=1S/C20H24FN3O2/c1-3-16-7-8-24(23-16)9-10-26-20-11-17-15(6-4-5-14(2)25)13-22-19(17)12-18(20)21/h7-8,11-13,22H,3-6,9-10H2,1-2H3. The van der Waals surface area contributed by atoms with Gasteiger partial charge in [0.25, 0.3) is 0 Å². The summed E-state index contributed by atoms with van der Waals surface area (Å²) in [4.78, 5) is 14.2. The van der Waals surface area contributed by atoms with Gasteiger partial charge < -0.3 is 14.5 Å². The number of nitrogens with one attached hydrogen (secondary N) is 1. The van der Waals surface area contributed by atoms with Crippen LogP contribution in [0, 0.1) is 5.82 Å². The number of benzene rings is 1. The minimum atomic E-state index is -0.385. The van der Waals surface area contributed by atoms with Gasteiger partial charge in [-0.2, -0.15) is 5.10 Å². The number of H-pyrrole nitrogens is 1. The number of hydrogen-bond acceptors (Lipinski definition) is 3. The predicted molar refractivity (Wildman–Crippen MR) is 99.0 cm³/mol. The van der Waals surface area contributed by atoms with Crippen LogP contribution in [0.4, 0.5) is 4.39 Å². The average Bonchev–Trinajstić information content (AvgIpc) is 3.22. The zero-order valence-electron chi connectivity index (χ0n) is 15.2. The highest BCUT2D eigenvalue weighted by atomic mass is 19.1. The maximum atomic E-state index is 14.3. The number of ether oxygens (including phenoxy) is 1. The SMILES string of the molecule is CCc1ccn(CCOc2cc3c(CCCC(C)=O)c[nH]c3cc2F)n1. The van der Waals surface area contributed by atoms with Crippen molar-refractivity contribution in [3.05, 3.63) is 47.7 Å². The van der Waals surface area contributed by atoms with Crippen LogP contribution in [0.2, 0.25) is 0 Å². The van der Waals surface area contributed by atoms with Crippen LogP contribution in [-0.2, 0) is 24.2 Å². The molecule has 26 heavy (non-hydrogen) atoms. The molecule has 0 atom stereocenters. The number of carbonyl (C=O) groups excluding carboxylic acids is 1. The molecule has 0 spiro atoms. The van der Waals surface area contributed by atoms with E-state index in [9.17, 15) is 9.18 Å². The van der Waals surface area contributed by atoms with Gasteiger partial charge in [-0.15, -0.1) is 0 Å². The van der Waals surface area contributed by atoms with Crippen LogP contribution >= 0.6 is 0 Å². The first-order valence-corrected chi connectivity index (χ1v) is 9.01. The largest absolute Gasteiger partial charge is 0.489 e. The molecule has 0 radical (unpaired) electrons. The third-order valence-corrected chi connectivity index (χ3v) is 4.43. The van der Waals surface area contributed by atoms with Crippen molar-refractivity contribution in [3.8, 4) is 5.75 Å². The van der Waals surface area contributed by atoms with Crippen LogP contribution in [0.5, 0.6) is 5.75 Å². The third-order valence-electron chi connectivity index (χ3n) is 4.43. The molecule has 2 heterocycles. The first-order chi connectivity index (χ1) is 12.6. The smallest absolute Gasteiger partial charge is 0.167 e. The zero-order valence-corrected chi connectivity index (χ0v) is 15.2. The Morgan fingerprint density at radius 2 is 2.23 bits per heavy atom. The highest BCUT2D eigenvalue weighted by molar-refractivity contribution is 5.85. The van der Waals surface area contributed by atoms with Crippen LogP contribution in [0.25, 0.3) is 10.9 Å². The molecular formula is C20H24FN3O2. The highest BCUT2D eigenvalue weighted by Gasteiger charge is 2.11. The number of ketones is 1. The van der Waals surface area contributed by atoms with Gasteiger partial charge in [-0.25, -0.2) is 4.39 Å². The van der Waals surface area contributed by atoms with E-state index in [1.165, 1.54) is 6.07 Å². The molecule has 0 aliphatic heterocycles. The lowest BCUT2D eigenvalue weighted by Gasteiger charge is -2.08. The van der Waals surface area contributed by atoms with Gasteiger partial charge in [-0.3, -0.25) is 4.68 Å². The Kier molecular flexibility index (Phi) is 5.71. The Bertz CT molecular complexity index is 898. The number of carbonyl (C=O) groups is 1. The molecule has 0 saturated heterocycles. The van der Waals surface area contributed by atoms with Crippen LogP contribution in [0.15, 0.2) is 30.6 Å². The summed E-state index contributed by atoms with van der Waals surface area (Å²) in [5.74, 6) is 0.0434. The average molecular weight is 357 g/mol. The number of aromatic nitrogens is 3. The molecule has 1 aromatic carbocycles. The fourth-order valence-corrected chi connectivity index (χ4v) is 2.99. The van der Waals surface area contributed by atoms with Crippen LogP contribution in [-0.4, -0.2) is 27.2 Å². The summed E-state index contributed by atoms with van der Waals surface area (Å²) in [5, 5.41) is 5.34. The Morgan fingerprint density at radius 3 is 2.96 bits per heavy atom. The minimum Gasteiger partial charge on any atom is -0.489 e. The first-order valence-electron chi connectivity index (χ1n) is 9.01. The van der Waals surface area contributed by atoms with E-state index in [0.717, 1.165) is 41.4 Å². The molecule has 0 amide bonds. The second-order valence-electron chi connectivity index (χ2n) is 6.47. The number of nitrogens with zero attached hydrogens (tertiary/aromatic N) is 2. The maximum absolute atomic E-state index is 14.3. The molecule has 0 fully saturated rings. The summed E-state index contributed by atoms with van der Waals surface area (Å²) in [6, 6.07) is 5.17. The molecule has 3 rings (SSSR count). The first kappa shape index (κ1) is 18.2. The van der Waals surface area contributed by atoms with Crippen molar-refractivity contribution in [2.75, 3.05) is 6.61 Å². The van der Waals surface area contributed by atoms with E-state index in [4.69, 9.17) is 4.74 Å². The minimum absolute atomic E-state index is 0.185. The quantitative estimate of drug-likeness (QED) is 0.628. The normalized spacial score (nSPS) is 11.2. The molecule has 0 saturated carbocycles. The van der Waals surface area contributed by atoms with Gasteiger partial charge in [0.1, 0.15) is 12.4 Å². The summed E-state index contributed by atoms with van der Waals surface area (Å²) in [7, 11) is 0. The van der Waals surface area contributed by atoms with E-state index in [1.54, 1.807) is 17.7 Å². The van der Waals surface area contributed by atoms with Gasteiger partial charge in [0.2, 0.25) is 0 Å². The van der Waals surface area contributed by atoms with Crippen molar-refractivity contribution in [3.63, 3.8) is 0 Å². The van der Waals surface area contributed by atoms with Gasteiger partial charge in [-0.1, -0.05) is 6.92 Å². The fraction of sp³-hybridized carbons (Fsp3) is 0.400. The number of aryl methyl sites for hydroxylation is 2. The second kappa shape index (κ2) is 8.17. The van der Waals surface area contributed by atoms with E-state index < -0.39 is 0 Å².